The molecule has 0 atom stereocenters. The summed E-state index contributed by atoms with van der Waals surface area (Å²) in [6.45, 7) is 2.22. The summed E-state index contributed by atoms with van der Waals surface area (Å²) in [4.78, 5) is 16.3. The smallest absolute Gasteiger partial charge is 0.231 e. The normalized spacial score (nSPS) is 12.4. The third-order valence-electron chi connectivity index (χ3n) is 3.60. The van der Waals surface area contributed by atoms with Gasteiger partial charge in [-0.05, 0) is 12.8 Å². The molecule has 1 aromatic heterocycles. The van der Waals surface area contributed by atoms with E-state index < -0.39 is 0 Å². The lowest BCUT2D eigenvalue weighted by Gasteiger charge is -2.09. The van der Waals surface area contributed by atoms with Crippen molar-refractivity contribution in [2.45, 2.75) is 39.0 Å². The molecule has 0 fully saturated rings. The number of hydrogen-bond acceptors (Lipinski definition) is 7. The molecule has 1 amide bonds. The van der Waals surface area contributed by atoms with Gasteiger partial charge in [-0.2, -0.15) is 4.98 Å². The first-order valence-electron chi connectivity index (χ1n) is 7.96. The van der Waals surface area contributed by atoms with E-state index in [2.05, 4.69) is 22.4 Å². The van der Waals surface area contributed by atoms with E-state index in [1.165, 1.54) is 0 Å². The van der Waals surface area contributed by atoms with Crippen molar-refractivity contribution in [1.82, 2.24) is 10.1 Å². The zero-order valence-electron chi connectivity index (χ0n) is 13.5. The highest BCUT2D eigenvalue weighted by molar-refractivity contribution is 5.94. The number of carbonyl (C=O) groups is 1. The van der Waals surface area contributed by atoms with Crippen LogP contribution in [0, 0.1) is 0 Å². The van der Waals surface area contributed by atoms with Gasteiger partial charge < -0.3 is 25.0 Å². The zero-order chi connectivity index (χ0) is 16.9. The summed E-state index contributed by atoms with van der Waals surface area (Å²) in [5.41, 5.74) is 6.87. The summed E-state index contributed by atoms with van der Waals surface area (Å²) in [7, 11) is 0. The first-order chi connectivity index (χ1) is 11.7. The molecule has 1 aliphatic rings. The maximum Gasteiger partial charge on any atom is 0.231 e. The Morgan fingerprint density at radius 3 is 2.88 bits per heavy atom. The van der Waals surface area contributed by atoms with E-state index in [-0.39, 0.29) is 12.7 Å². The number of benzene rings is 1. The first kappa shape index (κ1) is 16.1. The summed E-state index contributed by atoms with van der Waals surface area (Å²) >= 11 is 0. The molecule has 0 aliphatic carbocycles. The highest BCUT2D eigenvalue weighted by Crippen LogP contribution is 2.38. The van der Waals surface area contributed by atoms with Crippen LogP contribution >= 0.6 is 0 Å². The molecule has 3 N–H and O–H groups in total. The van der Waals surface area contributed by atoms with Crippen molar-refractivity contribution in [1.29, 1.82) is 0 Å². The minimum Gasteiger partial charge on any atom is -0.454 e. The van der Waals surface area contributed by atoms with Crippen molar-refractivity contribution in [2.75, 3.05) is 17.8 Å². The van der Waals surface area contributed by atoms with Crippen molar-refractivity contribution >= 4 is 17.3 Å². The van der Waals surface area contributed by atoms with Crippen LogP contribution in [0.2, 0.25) is 0 Å². The standard InChI is InChI=1S/C16H20N4O4/c1-2-4-14-19-16(24-20-14)6-3-5-15(21)18-11-8-13-12(7-10(11)17)22-9-23-13/h7-8H,2-6,9,17H2,1H3,(H,18,21). The summed E-state index contributed by atoms with van der Waals surface area (Å²) in [6, 6.07) is 3.32. The van der Waals surface area contributed by atoms with E-state index in [4.69, 9.17) is 19.7 Å². The van der Waals surface area contributed by atoms with Crippen LogP contribution in [-0.2, 0) is 17.6 Å². The van der Waals surface area contributed by atoms with Crippen molar-refractivity contribution < 1.29 is 18.8 Å². The van der Waals surface area contributed by atoms with Gasteiger partial charge in [0.1, 0.15) is 0 Å². The number of hydrogen-bond donors (Lipinski definition) is 2. The third kappa shape index (κ3) is 3.76. The topological polar surface area (TPSA) is 113 Å². The lowest BCUT2D eigenvalue weighted by atomic mass is 10.2. The van der Waals surface area contributed by atoms with E-state index in [9.17, 15) is 4.79 Å². The number of aryl methyl sites for hydroxylation is 2. The Kier molecular flexibility index (Phi) is 4.83. The van der Waals surface area contributed by atoms with Gasteiger partial charge in [-0.15, -0.1) is 0 Å². The molecular formula is C16H20N4O4. The number of fused-ring (bicyclic) bond motifs is 1. The van der Waals surface area contributed by atoms with E-state index in [1.54, 1.807) is 12.1 Å². The van der Waals surface area contributed by atoms with Gasteiger partial charge in [0.15, 0.2) is 17.3 Å². The summed E-state index contributed by atoms with van der Waals surface area (Å²) in [6.07, 6.45) is 3.29. The van der Waals surface area contributed by atoms with Crippen LogP contribution in [0.1, 0.15) is 37.9 Å². The SMILES string of the molecule is CCCc1noc(CCCC(=O)Nc2cc3c(cc2N)OCO3)n1. The second-order valence-electron chi connectivity index (χ2n) is 5.55. The molecule has 2 aromatic rings. The van der Waals surface area contributed by atoms with Gasteiger partial charge in [0.25, 0.3) is 0 Å². The molecule has 2 heterocycles. The summed E-state index contributed by atoms with van der Waals surface area (Å²) in [5, 5.41) is 6.67. The number of rotatable bonds is 7. The van der Waals surface area contributed by atoms with Crippen molar-refractivity contribution in [2.24, 2.45) is 0 Å². The molecule has 0 radical (unpaired) electrons. The molecule has 3 rings (SSSR count). The predicted molar refractivity (Wildman–Crippen MR) is 86.8 cm³/mol. The molecule has 8 heteroatoms. The van der Waals surface area contributed by atoms with Crippen LogP contribution in [0.4, 0.5) is 11.4 Å². The molecule has 1 aliphatic heterocycles. The number of nitrogens with two attached hydrogens (primary N) is 1. The van der Waals surface area contributed by atoms with Gasteiger partial charge in [0.05, 0.1) is 11.4 Å². The fourth-order valence-corrected chi connectivity index (χ4v) is 2.40. The number of anilines is 2. The van der Waals surface area contributed by atoms with Crippen LogP contribution in [0.5, 0.6) is 11.5 Å². The summed E-state index contributed by atoms with van der Waals surface area (Å²) in [5.74, 6) is 2.31. The quantitative estimate of drug-likeness (QED) is 0.748. The van der Waals surface area contributed by atoms with Crippen molar-refractivity contribution in [3.05, 3.63) is 23.8 Å². The van der Waals surface area contributed by atoms with E-state index >= 15 is 0 Å². The molecule has 1 aromatic carbocycles. The lowest BCUT2D eigenvalue weighted by Crippen LogP contribution is -2.13. The zero-order valence-corrected chi connectivity index (χ0v) is 13.5. The van der Waals surface area contributed by atoms with Gasteiger partial charge >= 0.3 is 0 Å². The largest absolute Gasteiger partial charge is 0.454 e. The van der Waals surface area contributed by atoms with Crippen LogP contribution in [0.3, 0.4) is 0 Å². The van der Waals surface area contributed by atoms with Gasteiger partial charge in [0, 0.05) is 31.4 Å². The van der Waals surface area contributed by atoms with Gasteiger partial charge in [-0.1, -0.05) is 12.1 Å². The number of carbonyl (C=O) groups excluding carboxylic acids is 1. The van der Waals surface area contributed by atoms with Crippen LogP contribution in [0.15, 0.2) is 16.7 Å². The summed E-state index contributed by atoms with van der Waals surface area (Å²) < 4.78 is 15.7. The lowest BCUT2D eigenvalue weighted by molar-refractivity contribution is -0.116. The molecule has 8 nitrogen and oxygen atoms in total. The Labute approximate surface area is 139 Å². The van der Waals surface area contributed by atoms with Crippen molar-refractivity contribution in [3.8, 4) is 11.5 Å². The van der Waals surface area contributed by atoms with E-state index in [0.717, 1.165) is 12.8 Å². The van der Waals surface area contributed by atoms with Gasteiger partial charge in [-0.25, -0.2) is 0 Å². The van der Waals surface area contributed by atoms with Crippen molar-refractivity contribution in [3.63, 3.8) is 0 Å². The molecule has 128 valence electrons. The van der Waals surface area contributed by atoms with Gasteiger partial charge in [0.2, 0.25) is 18.6 Å². The number of aromatic nitrogens is 2. The van der Waals surface area contributed by atoms with Crippen LogP contribution < -0.4 is 20.5 Å². The highest BCUT2D eigenvalue weighted by atomic mass is 16.7. The Hall–Kier alpha value is -2.77. The molecule has 24 heavy (non-hydrogen) atoms. The third-order valence-corrected chi connectivity index (χ3v) is 3.60. The highest BCUT2D eigenvalue weighted by Gasteiger charge is 2.17. The minimum atomic E-state index is -0.131. The average Bonchev–Trinajstić information content (AvgIpc) is 3.17. The number of nitrogens with zero attached hydrogens (tertiary/aromatic N) is 2. The van der Waals surface area contributed by atoms with Crippen LogP contribution in [0.25, 0.3) is 0 Å². The number of amides is 1. The average molecular weight is 332 g/mol. The monoisotopic (exact) mass is 332 g/mol. The molecule has 0 spiro atoms. The first-order valence-corrected chi connectivity index (χ1v) is 7.96. The maximum absolute atomic E-state index is 12.1. The van der Waals surface area contributed by atoms with Gasteiger partial charge in [-0.3, -0.25) is 4.79 Å². The molecule has 0 saturated heterocycles. The predicted octanol–water partition coefficient (Wildman–Crippen LogP) is 2.29. The van der Waals surface area contributed by atoms with E-state index in [0.29, 0.717) is 53.9 Å². The van der Waals surface area contributed by atoms with Crippen LogP contribution in [-0.4, -0.2) is 22.8 Å². The molecule has 0 unspecified atom stereocenters. The minimum absolute atomic E-state index is 0.131. The molecule has 0 bridgehead atoms. The second-order valence-corrected chi connectivity index (χ2v) is 5.55. The number of ether oxygens (including phenoxy) is 2. The fraction of sp³-hybridized carbons (Fsp3) is 0.438. The Morgan fingerprint density at radius 2 is 2.08 bits per heavy atom. The number of nitrogens with one attached hydrogen (secondary N) is 1. The molecule has 0 saturated carbocycles. The maximum atomic E-state index is 12.1. The Balaban J connectivity index is 1.49. The van der Waals surface area contributed by atoms with E-state index in [1.807, 2.05) is 0 Å². The second kappa shape index (κ2) is 7.20. The number of nitrogen functional groups attached to an aromatic ring is 1. The Bertz CT molecular complexity index is 729. The fourth-order valence-electron chi connectivity index (χ4n) is 2.40. The molecular weight excluding hydrogens is 312 g/mol. The Morgan fingerprint density at radius 1 is 1.29 bits per heavy atom.